The van der Waals surface area contributed by atoms with Gasteiger partial charge in [-0.3, -0.25) is 4.79 Å². The molecule has 1 amide bonds. The van der Waals surface area contributed by atoms with Crippen molar-refractivity contribution >= 4 is 5.91 Å². The first-order valence-corrected chi connectivity index (χ1v) is 29.3. The van der Waals surface area contributed by atoms with E-state index < -0.39 is 124 Å². The summed E-state index contributed by atoms with van der Waals surface area (Å²) < 4.78 is 34.0. The Kier molecular flexibility index (Phi) is 38.6. The lowest BCUT2D eigenvalue weighted by Crippen LogP contribution is -2.66. The van der Waals surface area contributed by atoms with E-state index in [2.05, 4.69) is 134 Å². The van der Waals surface area contributed by atoms with E-state index in [0.29, 0.717) is 19.3 Å². The van der Waals surface area contributed by atoms with Gasteiger partial charge in [0.2, 0.25) is 5.91 Å². The molecular formula is C62H99NO18. The number of aliphatic hydroxyl groups excluding tert-OH is 11. The molecular weight excluding hydrogens is 1050 g/mol. The first-order chi connectivity index (χ1) is 39.3. The normalized spacial score (nSPS) is 30.7. The fourth-order valence-corrected chi connectivity index (χ4v) is 8.98. The van der Waals surface area contributed by atoms with E-state index >= 15 is 0 Å². The van der Waals surface area contributed by atoms with Crippen LogP contribution < -0.4 is 5.32 Å². The van der Waals surface area contributed by atoms with Crippen LogP contribution in [0.5, 0.6) is 0 Å². The number of rotatable bonds is 40. The minimum absolute atomic E-state index is 0.199. The SMILES string of the molecule is CC/C=C\C/C=C\C/C=C\C/C=C\C/C=C\C/C=C\C/C=C\C/C=C\C/C=C\C/C=C\CCCCC(=O)NC(COC1OC(CO)C(OC2OC(CO)C(OC3OC(CO)C(O)C(O)C3O)C(O)C2O)C(O)C1O)C(O)CCCCC. The van der Waals surface area contributed by atoms with Crippen LogP contribution >= 0.6 is 0 Å². The molecule has 81 heavy (non-hydrogen) atoms. The number of hydrogen-bond donors (Lipinski definition) is 12. The molecule has 12 N–H and O–H groups in total. The summed E-state index contributed by atoms with van der Waals surface area (Å²) in [5, 5.41) is 119. The summed E-state index contributed by atoms with van der Waals surface area (Å²) in [6, 6.07) is -0.915. The molecule has 3 heterocycles. The molecule has 0 aromatic carbocycles. The summed E-state index contributed by atoms with van der Waals surface area (Å²) in [7, 11) is 0. The molecule has 460 valence electrons. The van der Waals surface area contributed by atoms with Crippen molar-refractivity contribution in [3.8, 4) is 0 Å². The highest BCUT2D eigenvalue weighted by molar-refractivity contribution is 5.76. The molecule has 0 spiro atoms. The highest BCUT2D eigenvalue weighted by Crippen LogP contribution is 2.33. The Bertz CT molecular complexity index is 1950. The lowest BCUT2D eigenvalue weighted by Gasteiger charge is -2.48. The number of allylic oxidation sites excluding steroid dienone is 20. The van der Waals surface area contributed by atoms with Crippen LogP contribution in [0.15, 0.2) is 122 Å². The smallest absolute Gasteiger partial charge is 0.220 e. The molecule has 0 aromatic rings. The Morgan fingerprint density at radius 1 is 0.457 bits per heavy atom. The molecule has 17 unspecified atom stereocenters. The minimum Gasteiger partial charge on any atom is -0.394 e. The van der Waals surface area contributed by atoms with Crippen LogP contribution in [0.25, 0.3) is 0 Å². The van der Waals surface area contributed by atoms with Gasteiger partial charge in [-0.2, -0.15) is 0 Å². The fourth-order valence-electron chi connectivity index (χ4n) is 8.98. The van der Waals surface area contributed by atoms with E-state index in [1.165, 1.54) is 0 Å². The van der Waals surface area contributed by atoms with Crippen LogP contribution in [0, 0.1) is 0 Å². The van der Waals surface area contributed by atoms with Gasteiger partial charge < -0.3 is 89.9 Å². The van der Waals surface area contributed by atoms with Gasteiger partial charge in [0.25, 0.3) is 0 Å². The first kappa shape index (κ1) is 71.5. The molecule has 3 aliphatic heterocycles. The number of hydrogen-bond acceptors (Lipinski definition) is 18. The zero-order valence-corrected chi connectivity index (χ0v) is 47.7. The maximum absolute atomic E-state index is 13.1. The minimum atomic E-state index is -1.98. The van der Waals surface area contributed by atoms with Crippen molar-refractivity contribution in [1.82, 2.24) is 5.32 Å². The summed E-state index contributed by atoms with van der Waals surface area (Å²) in [4.78, 5) is 13.1. The summed E-state index contributed by atoms with van der Waals surface area (Å²) in [6.45, 7) is 1.40. The predicted molar refractivity (Wildman–Crippen MR) is 309 cm³/mol. The zero-order valence-electron chi connectivity index (χ0n) is 47.7. The summed E-state index contributed by atoms with van der Waals surface area (Å²) >= 11 is 0. The van der Waals surface area contributed by atoms with Crippen LogP contribution in [0.1, 0.15) is 129 Å². The standard InChI is InChI=1S/C62H99NO18/c1-3-5-7-8-9-10-11-12-13-14-15-16-17-18-19-20-21-22-23-24-25-26-27-28-29-30-31-32-33-34-35-36-38-40-50(68)63-45(46(67)39-37-6-4-2)44-76-60-56(74)53(71)58(48(42-65)78-60)81-62-57(75)54(72)59(49(43-66)79-62)80-61-55(73)52(70)51(69)47(41-64)77-61/h5,7,9-10,12-13,15-16,18-19,21-22,24-25,27-28,30-31,33-34,45-49,51-62,64-67,69-75H,3-4,6,8,11,14,17,20,23,26,29,32,35-44H2,1-2H3,(H,63,68)/b7-5-,10-9-,13-12-,16-15-,19-18-,22-21-,25-24-,28-27-,31-30-,34-33-. The van der Waals surface area contributed by atoms with E-state index in [1.807, 2.05) is 6.92 Å². The van der Waals surface area contributed by atoms with Gasteiger partial charge in [-0.1, -0.05) is 155 Å². The second-order valence-corrected chi connectivity index (χ2v) is 20.4. The molecule has 0 aromatic heterocycles. The van der Waals surface area contributed by atoms with Gasteiger partial charge in [-0.15, -0.1) is 0 Å². The predicted octanol–water partition coefficient (Wildman–Crippen LogP) is 4.92. The topological polar surface area (TPSA) is 307 Å². The number of ether oxygens (including phenoxy) is 6. The average Bonchev–Trinajstić information content (AvgIpc) is 3.55. The van der Waals surface area contributed by atoms with Crippen molar-refractivity contribution in [2.75, 3.05) is 26.4 Å². The van der Waals surface area contributed by atoms with Crippen LogP contribution in [-0.2, 0) is 33.2 Å². The lowest BCUT2D eigenvalue weighted by atomic mass is 9.96. The van der Waals surface area contributed by atoms with E-state index in [9.17, 15) is 61.0 Å². The van der Waals surface area contributed by atoms with Gasteiger partial charge in [0.1, 0.15) is 73.2 Å². The number of nitrogens with one attached hydrogen (secondary N) is 1. The Balaban J connectivity index is 1.33. The van der Waals surface area contributed by atoms with Crippen molar-refractivity contribution in [1.29, 1.82) is 0 Å². The molecule has 0 aliphatic carbocycles. The Labute approximate surface area is 480 Å². The van der Waals surface area contributed by atoms with Gasteiger partial charge in [-0.25, -0.2) is 0 Å². The summed E-state index contributed by atoms with van der Waals surface area (Å²) in [5.74, 6) is -0.305. The summed E-state index contributed by atoms with van der Waals surface area (Å²) in [5.41, 5.74) is 0. The van der Waals surface area contributed by atoms with Crippen LogP contribution in [0.3, 0.4) is 0 Å². The van der Waals surface area contributed by atoms with Crippen molar-refractivity contribution in [3.05, 3.63) is 122 Å². The Hall–Kier alpha value is -3.81. The lowest BCUT2D eigenvalue weighted by molar-refractivity contribution is -0.379. The molecule has 19 nitrogen and oxygen atoms in total. The monoisotopic (exact) mass is 1150 g/mol. The van der Waals surface area contributed by atoms with E-state index in [0.717, 1.165) is 89.9 Å². The Morgan fingerprint density at radius 2 is 0.840 bits per heavy atom. The third-order valence-corrected chi connectivity index (χ3v) is 13.8. The van der Waals surface area contributed by atoms with Gasteiger partial charge in [0.15, 0.2) is 18.9 Å². The average molecular weight is 1150 g/mol. The second kappa shape index (κ2) is 43.8. The van der Waals surface area contributed by atoms with Crippen LogP contribution in [0.4, 0.5) is 0 Å². The highest BCUT2D eigenvalue weighted by Gasteiger charge is 2.53. The fraction of sp³-hybridized carbons (Fsp3) is 0.661. The maximum atomic E-state index is 13.1. The number of carbonyl (C=O) groups is 1. The third kappa shape index (κ3) is 27.6. The highest BCUT2D eigenvalue weighted by atomic mass is 16.8. The molecule has 19 heteroatoms. The van der Waals surface area contributed by atoms with Crippen LogP contribution in [-0.4, -0.2) is 193 Å². The van der Waals surface area contributed by atoms with E-state index in [1.54, 1.807) is 0 Å². The maximum Gasteiger partial charge on any atom is 0.220 e. The van der Waals surface area contributed by atoms with Crippen LogP contribution in [0.2, 0.25) is 0 Å². The van der Waals surface area contributed by atoms with Gasteiger partial charge in [-0.05, 0) is 89.9 Å². The number of unbranched alkanes of at least 4 members (excludes halogenated alkanes) is 4. The van der Waals surface area contributed by atoms with Crippen molar-refractivity contribution in [3.63, 3.8) is 0 Å². The van der Waals surface area contributed by atoms with E-state index in [4.69, 9.17) is 28.4 Å². The molecule has 3 rings (SSSR count). The van der Waals surface area contributed by atoms with Crippen molar-refractivity contribution in [2.45, 2.75) is 234 Å². The first-order valence-electron chi connectivity index (χ1n) is 29.3. The molecule has 0 radical (unpaired) electrons. The summed E-state index contributed by atoms with van der Waals surface area (Å²) in [6.07, 6.45) is 31.5. The molecule has 0 saturated carbocycles. The third-order valence-electron chi connectivity index (χ3n) is 13.8. The quantitative estimate of drug-likeness (QED) is 0.0286. The molecule has 17 atom stereocenters. The number of carbonyl (C=O) groups excluding carboxylic acids is 1. The van der Waals surface area contributed by atoms with Crippen molar-refractivity contribution in [2.24, 2.45) is 0 Å². The Morgan fingerprint density at radius 3 is 1.26 bits per heavy atom. The molecule has 3 fully saturated rings. The largest absolute Gasteiger partial charge is 0.394 e. The van der Waals surface area contributed by atoms with E-state index in [-0.39, 0.29) is 18.9 Å². The van der Waals surface area contributed by atoms with Gasteiger partial charge >= 0.3 is 0 Å². The van der Waals surface area contributed by atoms with Crippen molar-refractivity contribution < 1.29 is 89.4 Å². The second-order valence-electron chi connectivity index (χ2n) is 20.4. The molecule has 3 aliphatic rings. The van der Waals surface area contributed by atoms with Gasteiger partial charge in [0, 0.05) is 6.42 Å². The zero-order chi connectivity index (χ0) is 59.0. The molecule has 0 bridgehead atoms. The van der Waals surface area contributed by atoms with Gasteiger partial charge in [0.05, 0.1) is 38.6 Å². The number of amides is 1. The molecule has 3 saturated heterocycles. The number of aliphatic hydroxyl groups is 11.